The summed E-state index contributed by atoms with van der Waals surface area (Å²) in [5, 5.41) is 3.69. The first-order valence-corrected chi connectivity index (χ1v) is 8.87. The molecule has 10 heteroatoms. The molecule has 1 unspecified atom stereocenters. The molecule has 1 aliphatic rings. The highest BCUT2D eigenvalue weighted by molar-refractivity contribution is 6.31. The third kappa shape index (κ3) is 3.69. The van der Waals surface area contributed by atoms with Gasteiger partial charge in [0.05, 0.1) is 22.2 Å². The van der Waals surface area contributed by atoms with Crippen molar-refractivity contribution in [2.24, 2.45) is 0 Å². The number of anilines is 1. The molecule has 5 nitrogen and oxygen atoms in total. The van der Waals surface area contributed by atoms with Crippen molar-refractivity contribution in [2.45, 2.75) is 18.5 Å². The van der Waals surface area contributed by atoms with Crippen LogP contribution in [0.2, 0.25) is 5.02 Å². The fraction of sp³-hybridized carbons (Fsp3) is 0.211. The van der Waals surface area contributed by atoms with Gasteiger partial charge in [-0.25, -0.2) is 4.39 Å². The van der Waals surface area contributed by atoms with Gasteiger partial charge >= 0.3 is 6.18 Å². The van der Waals surface area contributed by atoms with Gasteiger partial charge in [0, 0.05) is 18.5 Å². The van der Waals surface area contributed by atoms with Crippen LogP contribution in [0.4, 0.5) is 23.2 Å². The second kappa shape index (κ2) is 7.14. The average molecular weight is 426 g/mol. The molecule has 1 saturated heterocycles. The largest absolute Gasteiger partial charge is 0.416 e. The number of aromatic nitrogens is 2. The number of carbonyl (C=O) groups excluding carboxylic acids is 1. The predicted molar refractivity (Wildman–Crippen MR) is 95.9 cm³/mol. The fourth-order valence-electron chi connectivity index (χ4n) is 3.13. The Morgan fingerprint density at radius 2 is 1.86 bits per heavy atom. The number of benzene rings is 2. The number of halogens is 5. The maximum absolute atomic E-state index is 14.2. The highest BCUT2D eigenvalue weighted by atomic mass is 35.5. The summed E-state index contributed by atoms with van der Waals surface area (Å²) in [6, 6.07) is 8.70. The van der Waals surface area contributed by atoms with Crippen LogP contribution in [-0.2, 0) is 11.0 Å². The zero-order valence-electron chi connectivity index (χ0n) is 14.6. The summed E-state index contributed by atoms with van der Waals surface area (Å²) < 4.78 is 57.5. The quantitative estimate of drug-likeness (QED) is 0.550. The highest BCUT2D eigenvalue weighted by Crippen LogP contribution is 2.35. The van der Waals surface area contributed by atoms with Gasteiger partial charge in [0.1, 0.15) is 0 Å². The Bertz CT molecular complexity index is 1070. The van der Waals surface area contributed by atoms with Crippen molar-refractivity contribution < 1.29 is 26.9 Å². The Morgan fingerprint density at radius 1 is 1.14 bits per heavy atom. The number of hydrogen-bond acceptors (Lipinski definition) is 4. The van der Waals surface area contributed by atoms with E-state index < -0.39 is 23.5 Å². The smallest absolute Gasteiger partial charge is 0.339 e. The van der Waals surface area contributed by atoms with Gasteiger partial charge in [-0.2, -0.15) is 18.2 Å². The van der Waals surface area contributed by atoms with Gasteiger partial charge in [-0.05, 0) is 24.3 Å². The lowest BCUT2D eigenvalue weighted by Gasteiger charge is -2.17. The fourth-order valence-corrected chi connectivity index (χ4v) is 3.30. The number of rotatable bonds is 3. The minimum absolute atomic E-state index is 0.0284. The van der Waals surface area contributed by atoms with E-state index in [1.54, 1.807) is 0 Å². The molecular formula is C19H12ClF4N3O2. The number of amides is 1. The summed E-state index contributed by atoms with van der Waals surface area (Å²) in [5.74, 6) is -1.24. The third-order valence-electron chi connectivity index (χ3n) is 4.61. The van der Waals surface area contributed by atoms with Crippen LogP contribution in [0.25, 0.3) is 11.4 Å². The molecule has 1 amide bonds. The number of nitrogens with zero attached hydrogens (tertiary/aromatic N) is 3. The zero-order chi connectivity index (χ0) is 20.8. The lowest BCUT2D eigenvalue weighted by atomic mass is 10.1. The van der Waals surface area contributed by atoms with E-state index in [0.717, 1.165) is 12.1 Å². The Balaban J connectivity index is 1.54. The predicted octanol–water partition coefficient (Wildman–Crippen LogP) is 5.07. The molecule has 0 N–H and O–H groups in total. The molecule has 1 atom stereocenters. The molecule has 0 radical (unpaired) electrons. The molecular weight excluding hydrogens is 414 g/mol. The monoisotopic (exact) mass is 425 g/mol. The molecule has 150 valence electrons. The minimum Gasteiger partial charge on any atom is -0.339 e. The normalized spacial score (nSPS) is 17.2. The van der Waals surface area contributed by atoms with Crippen LogP contribution in [0.15, 0.2) is 47.0 Å². The van der Waals surface area contributed by atoms with Crippen LogP contribution < -0.4 is 4.90 Å². The van der Waals surface area contributed by atoms with Crippen LogP contribution in [0, 0.1) is 5.82 Å². The standard InChI is InChI=1S/C19H12ClF4N3O2/c20-13-2-1-3-14(16(13)21)27-9-11(8-15(27)28)18-25-17(26-29-18)10-4-6-12(7-5-10)19(22,23)24/h1-7,11H,8-9H2. The van der Waals surface area contributed by atoms with Gasteiger partial charge in [-0.1, -0.05) is 35.0 Å². The molecule has 2 heterocycles. The molecule has 1 aliphatic heterocycles. The van der Waals surface area contributed by atoms with Crippen molar-refractivity contribution in [3.8, 4) is 11.4 Å². The zero-order valence-corrected chi connectivity index (χ0v) is 15.3. The minimum atomic E-state index is -4.44. The van der Waals surface area contributed by atoms with E-state index in [1.807, 2.05) is 0 Å². The number of alkyl halides is 3. The van der Waals surface area contributed by atoms with E-state index in [4.69, 9.17) is 16.1 Å². The van der Waals surface area contributed by atoms with Crippen molar-refractivity contribution in [3.63, 3.8) is 0 Å². The second-order valence-corrected chi connectivity index (χ2v) is 6.92. The molecule has 0 aliphatic carbocycles. The van der Waals surface area contributed by atoms with Crippen LogP contribution >= 0.6 is 11.6 Å². The molecule has 29 heavy (non-hydrogen) atoms. The van der Waals surface area contributed by atoms with E-state index in [9.17, 15) is 22.4 Å². The van der Waals surface area contributed by atoms with Crippen molar-refractivity contribution >= 4 is 23.2 Å². The molecule has 4 rings (SSSR count). The lowest BCUT2D eigenvalue weighted by molar-refractivity contribution is -0.137. The Morgan fingerprint density at radius 3 is 2.55 bits per heavy atom. The summed E-state index contributed by atoms with van der Waals surface area (Å²) in [6.45, 7) is 0.116. The molecule has 0 saturated carbocycles. The first kappa shape index (κ1) is 19.4. The topological polar surface area (TPSA) is 59.2 Å². The molecule has 1 fully saturated rings. The van der Waals surface area contributed by atoms with E-state index in [0.29, 0.717) is 5.56 Å². The first-order valence-electron chi connectivity index (χ1n) is 8.49. The average Bonchev–Trinajstić information content (AvgIpc) is 3.30. The molecule has 0 spiro atoms. The van der Waals surface area contributed by atoms with Crippen LogP contribution in [0.1, 0.15) is 23.8 Å². The molecule has 2 aromatic carbocycles. The second-order valence-electron chi connectivity index (χ2n) is 6.51. The summed E-state index contributed by atoms with van der Waals surface area (Å²) >= 11 is 5.78. The van der Waals surface area contributed by atoms with E-state index in [1.165, 1.54) is 35.2 Å². The van der Waals surface area contributed by atoms with Crippen molar-refractivity contribution in [1.82, 2.24) is 10.1 Å². The van der Waals surface area contributed by atoms with Gasteiger partial charge in [0.15, 0.2) is 5.82 Å². The van der Waals surface area contributed by atoms with Crippen molar-refractivity contribution in [3.05, 3.63) is 64.8 Å². The van der Waals surface area contributed by atoms with Crippen LogP contribution in [0.3, 0.4) is 0 Å². The van der Waals surface area contributed by atoms with E-state index >= 15 is 0 Å². The summed E-state index contributed by atoms with van der Waals surface area (Å²) in [7, 11) is 0. The molecule has 3 aromatic rings. The third-order valence-corrected chi connectivity index (χ3v) is 4.90. The SMILES string of the molecule is O=C1CC(c2nc(-c3ccc(C(F)(F)F)cc3)no2)CN1c1cccc(Cl)c1F. The summed E-state index contributed by atoms with van der Waals surface area (Å²) in [6.07, 6.45) is -4.41. The molecule has 1 aromatic heterocycles. The molecule has 0 bridgehead atoms. The number of hydrogen-bond donors (Lipinski definition) is 0. The van der Waals surface area contributed by atoms with Crippen LogP contribution in [0.5, 0.6) is 0 Å². The number of carbonyl (C=O) groups is 1. The Hall–Kier alpha value is -2.94. The highest BCUT2D eigenvalue weighted by Gasteiger charge is 2.36. The Kier molecular flexibility index (Phi) is 4.77. The Labute approximate surface area is 166 Å². The summed E-state index contributed by atoms with van der Waals surface area (Å²) in [4.78, 5) is 17.8. The lowest BCUT2D eigenvalue weighted by Crippen LogP contribution is -2.25. The van der Waals surface area contributed by atoms with Gasteiger partial charge in [-0.15, -0.1) is 0 Å². The van der Waals surface area contributed by atoms with Gasteiger partial charge in [-0.3, -0.25) is 4.79 Å². The van der Waals surface area contributed by atoms with Gasteiger partial charge < -0.3 is 9.42 Å². The van der Waals surface area contributed by atoms with E-state index in [-0.39, 0.29) is 41.3 Å². The van der Waals surface area contributed by atoms with Crippen molar-refractivity contribution in [2.75, 3.05) is 11.4 Å². The summed E-state index contributed by atoms with van der Waals surface area (Å²) in [5.41, 5.74) is -0.381. The van der Waals surface area contributed by atoms with Gasteiger partial charge in [0.25, 0.3) is 0 Å². The maximum atomic E-state index is 14.2. The van der Waals surface area contributed by atoms with E-state index in [2.05, 4.69) is 10.1 Å². The van der Waals surface area contributed by atoms with Gasteiger partial charge in [0.2, 0.25) is 17.6 Å². The van der Waals surface area contributed by atoms with Crippen LogP contribution in [-0.4, -0.2) is 22.6 Å². The van der Waals surface area contributed by atoms with Crippen molar-refractivity contribution in [1.29, 1.82) is 0 Å². The maximum Gasteiger partial charge on any atom is 0.416 e. The first-order chi connectivity index (χ1) is 13.7.